The number of sulfone groups is 1. The Morgan fingerprint density at radius 3 is 2.33 bits per heavy atom. The minimum atomic E-state index is -3.27. The Morgan fingerprint density at radius 2 is 1.72 bits per heavy atom. The summed E-state index contributed by atoms with van der Waals surface area (Å²) < 4.78 is 23.9. The minimum absolute atomic E-state index is 0.357. The van der Waals surface area contributed by atoms with Gasteiger partial charge in [-0.25, -0.2) is 8.42 Å². The van der Waals surface area contributed by atoms with E-state index >= 15 is 0 Å². The SMILES string of the molecule is C=CCCCC/C=C/S(=O)(=O)c1ccc(C)cc1. The van der Waals surface area contributed by atoms with Crippen LogP contribution in [0.1, 0.15) is 31.2 Å². The molecule has 1 aromatic rings. The fraction of sp³-hybridized carbons (Fsp3) is 0.333. The zero-order valence-corrected chi connectivity index (χ0v) is 11.6. The molecule has 0 unspecified atom stereocenters. The molecule has 0 N–H and O–H groups in total. The Balaban J connectivity index is 2.56. The molecule has 0 radical (unpaired) electrons. The molecule has 0 aliphatic carbocycles. The van der Waals surface area contributed by atoms with Gasteiger partial charge in [-0.1, -0.05) is 29.8 Å². The zero-order chi connectivity index (χ0) is 13.4. The lowest BCUT2D eigenvalue weighted by molar-refractivity contribution is 0.604. The molecular formula is C15H20O2S. The Kier molecular flexibility index (Phi) is 5.86. The quantitative estimate of drug-likeness (QED) is 0.550. The van der Waals surface area contributed by atoms with Crippen LogP contribution < -0.4 is 0 Å². The van der Waals surface area contributed by atoms with Gasteiger partial charge in [0.1, 0.15) is 0 Å². The van der Waals surface area contributed by atoms with Gasteiger partial charge in [0.15, 0.2) is 9.84 Å². The van der Waals surface area contributed by atoms with Gasteiger partial charge < -0.3 is 0 Å². The van der Waals surface area contributed by atoms with Gasteiger partial charge in [-0.15, -0.1) is 6.58 Å². The van der Waals surface area contributed by atoms with Crippen LogP contribution in [0, 0.1) is 6.92 Å². The minimum Gasteiger partial charge on any atom is -0.219 e. The van der Waals surface area contributed by atoms with Crippen molar-refractivity contribution < 1.29 is 8.42 Å². The van der Waals surface area contributed by atoms with Crippen molar-refractivity contribution in [1.82, 2.24) is 0 Å². The largest absolute Gasteiger partial charge is 0.219 e. The molecule has 0 saturated carbocycles. The standard InChI is InChI=1S/C15H20O2S/c1-3-4-5-6-7-8-13-18(16,17)15-11-9-14(2)10-12-15/h3,8-13H,1,4-7H2,2H3/b13-8+. The summed E-state index contributed by atoms with van der Waals surface area (Å²) in [4.78, 5) is 0.357. The van der Waals surface area contributed by atoms with Crippen LogP contribution in [0.2, 0.25) is 0 Å². The number of allylic oxidation sites excluding steroid dienone is 2. The topological polar surface area (TPSA) is 34.1 Å². The Labute approximate surface area is 110 Å². The third-order valence-electron chi connectivity index (χ3n) is 2.65. The molecule has 1 aromatic carbocycles. The predicted octanol–water partition coefficient (Wildman–Crippen LogP) is 4.03. The van der Waals surface area contributed by atoms with Crippen LogP contribution in [-0.2, 0) is 9.84 Å². The normalized spacial score (nSPS) is 11.8. The highest BCUT2D eigenvalue weighted by Crippen LogP contribution is 2.13. The fourth-order valence-electron chi connectivity index (χ4n) is 1.55. The summed E-state index contributed by atoms with van der Waals surface area (Å²) >= 11 is 0. The number of unbranched alkanes of at least 4 members (excludes halogenated alkanes) is 3. The highest BCUT2D eigenvalue weighted by Gasteiger charge is 2.08. The van der Waals surface area contributed by atoms with Crippen LogP contribution in [0.15, 0.2) is 53.3 Å². The predicted molar refractivity (Wildman–Crippen MR) is 76.2 cm³/mol. The highest BCUT2D eigenvalue weighted by molar-refractivity contribution is 7.94. The molecule has 0 aliphatic rings. The van der Waals surface area contributed by atoms with Gasteiger partial charge in [-0.2, -0.15) is 0 Å². The number of aryl methyl sites for hydroxylation is 1. The zero-order valence-electron chi connectivity index (χ0n) is 10.8. The first-order valence-corrected chi connectivity index (χ1v) is 7.70. The average Bonchev–Trinajstić information content (AvgIpc) is 2.34. The van der Waals surface area contributed by atoms with Crippen LogP contribution in [0.4, 0.5) is 0 Å². The van der Waals surface area contributed by atoms with Gasteiger partial charge in [0, 0.05) is 5.41 Å². The third kappa shape index (κ3) is 4.88. The number of rotatable bonds is 7. The van der Waals surface area contributed by atoms with Gasteiger partial charge in [0.05, 0.1) is 4.90 Å². The third-order valence-corrected chi connectivity index (χ3v) is 4.13. The summed E-state index contributed by atoms with van der Waals surface area (Å²) in [5.74, 6) is 0. The van der Waals surface area contributed by atoms with E-state index in [-0.39, 0.29) is 0 Å². The molecule has 0 heterocycles. The fourth-order valence-corrected chi connectivity index (χ4v) is 2.61. The summed E-state index contributed by atoms with van der Waals surface area (Å²) in [6.07, 6.45) is 7.44. The summed E-state index contributed by atoms with van der Waals surface area (Å²) in [5, 5.41) is 1.31. The molecule has 0 amide bonds. The van der Waals surface area contributed by atoms with E-state index in [1.54, 1.807) is 18.2 Å². The first kappa shape index (κ1) is 14.7. The van der Waals surface area contributed by atoms with Crippen molar-refractivity contribution >= 4 is 9.84 Å². The molecule has 98 valence electrons. The average molecular weight is 264 g/mol. The molecule has 0 bridgehead atoms. The maximum Gasteiger partial charge on any atom is 0.199 e. The lowest BCUT2D eigenvalue weighted by atomic mass is 10.2. The molecular weight excluding hydrogens is 244 g/mol. The van der Waals surface area contributed by atoms with Crippen LogP contribution in [0.5, 0.6) is 0 Å². The summed E-state index contributed by atoms with van der Waals surface area (Å²) in [6.45, 7) is 5.59. The Bertz CT molecular complexity index is 496. The van der Waals surface area contributed by atoms with E-state index in [4.69, 9.17) is 0 Å². The number of benzene rings is 1. The maximum atomic E-state index is 11.9. The molecule has 0 spiro atoms. The highest BCUT2D eigenvalue weighted by atomic mass is 32.2. The van der Waals surface area contributed by atoms with Gasteiger partial charge in [-0.3, -0.25) is 0 Å². The van der Waals surface area contributed by atoms with Crippen molar-refractivity contribution in [2.75, 3.05) is 0 Å². The van der Waals surface area contributed by atoms with E-state index < -0.39 is 9.84 Å². The van der Waals surface area contributed by atoms with Crippen molar-refractivity contribution in [3.63, 3.8) is 0 Å². The van der Waals surface area contributed by atoms with Crippen molar-refractivity contribution in [3.05, 3.63) is 54.0 Å². The van der Waals surface area contributed by atoms with E-state index in [1.807, 2.05) is 25.1 Å². The molecule has 0 fully saturated rings. The van der Waals surface area contributed by atoms with E-state index in [1.165, 1.54) is 5.41 Å². The van der Waals surface area contributed by atoms with E-state index in [2.05, 4.69) is 6.58 Å². The number of hydrogen-bond acceptors (Lipinski definition) is 2. The second-order valence-electron chi connectivity index (χ2n) is 4.30. The van der Waals surface area contributed by atoms with Crippen molar-refractivity contribution in [3.8, 4) is 0 Å². The van der Waals surface area contributed by atoms with E-state index in [9.17, 15) is 8.42 Å². The monoisotopic (exact) mass is 264 g/mol. The maximum absolute atomic E-state index is 11.9. The van der Waals surface area contributed by atoms with Crippen LogP contribution in [0.3, 0.4) is 0 Å². The summed E-state index contributed by atoms with van der Waals surface area (Å²) in [5.41, 5.74) is 1.06. The second-order valence-corrected chi connectivity index (χ2v) is 6.14. The van der Waals surface area contributed by atoms with Gasteiger partial charge >= 0.3 is 0 Å². The molecule has 0 aliphatic heterocycles. The molecule has 2 nitrogen and oxygen atoms in total. The van der Waals surface area contributed by atoms with Crippen LogP contribution in [-0.4, -0.2) is 8.42 Å². The summed E-state index contributed by atoms with van der Waals surface area (Å²) in [7, 11) is -3.27. The molecule has 1 rings (SSSR count). The van der Waals surface area contributed by atoms with Crippen molar-refractivity contribution in [1.29, 1.82) is 0 Å². The Morgan fingerprint density at radius 1 is 1.11 bits per heavy atom. The summed E-state index contributed by atoms with van der Waals surface area (Å²) in [6, 6.07) is 6.91. The van der Waals surface area contributed by atoms with Crippen molar-refractivity contribution in [2.45, 2.75) is 37.5 Å². The molecule has 0 aromatic heterocycles. The molecule has 0 saturated heterocycles. The smallest absolute Gasteiger partial charge is 0.199 e. The lowest BCUT2D eigenvalue weighted by Gasteiger charge is -1.99. The first-order chi connectivity index (χ1) is 8.56. The van der Waals surface area contributed by atoms with Gasteiger partial charge in [0.25, 0.3) is 0 Å². The molecule has 0 atom stereocenters. The molecule has 18 heavy (non-hydrogen) atoms. The number of hydrogen-bond donors (Lipinski definition) is 0. The van der Waals surface area contributed by atoms with Crippen LogP contribution in [0.25, 0.3) is 0 Å². The van der Waals surface area contributed by atoms with Gasteiger partial charge in [-0.05, 0) is 44.7 Å². The van der Waals surface area contributed by atoms with Crippen molar-refractivity contribution in [2.24, 2.45) is 0 Å². The van der Waals surface area contributed by atoms with E-state index in [0.717, 1.165) is 31.2 Å². The Hall–Kier alpha value is -1.35. The first-order valence-electron chi connectivity index (χ1n) is 6.15. The van der Waals surface area contributed by atoms with E-state index in [0.29, 0.717) is 4.90 Å². The van der Waals surface area contributed by atoms with Crippen LogP contribution >= 0.6 is 0 Å². The second kappa shape index (κ2) is 7.17. The molecule has 3 heteroatoms. The van der Waals surface area contributed by atoms with Gasteiger partial charge in [0.2, 0.25) is 0 Å². The lowest BCUT2D eigenvalue weighted by Crippen LogP contribution is -1.95.